The number of allylic oxidation sites excluding steroid dienone is 2. The molecule has 2 aliphatic carbocycles. The van der Waals surface area contributed by atoms with E-state index in [9.17, 15) is 19.2 Å². The largest absolute Gasteiger partial charge is 0.379 e. The fourth-order valence-electron chi connectivity index (χ4n) is 11.5. The highest BCUT2D eigenvalue weighted by Crippen LogP contribution is 2.48. The van der Waals surface area contributed by atoms with Crippen LogP contribution in [0.3, 0.4) is 0 Å². The number of carbonyl (C=O) groups excluding carboxylic acids is 4. The van der Waals surface area contributed by atoms with Gasteiger partial charge in [-0.1, -0.05) is 154 Å². The summed E-state index contributed by atoms with van der Waals surface area (Å²) in [7, 11) is 0. The number of fused-ring (bicyclic) bond motifs is 2. The lowest BCUT2D eigenvalue weighted by atomic mass is 9.63. The zero-order valence-electron chi connectivity index (χ0n) is 53.7. The molecular weight excluding hydrogens is 1060 g/mol. The Kier molecular flexibility index (Phi) is 26.8. The molecule has 6 rings (SSSR count). The minimum atomic E-state index is -0.534. The molecule has 2 aliphatic rings. The van der Waals surface area contributed by atoms with E-state index in [2.05, 4.69) is 141 Å². The first-order valence-electron chi connectivity index (χ1n) is 31.7. The van der Waals surface area contributed by atoms with Gasteiger partial charge in [0.05, 0.1) is 46.2 Å². The number of ketones is 1. The van der Waals surface area contributed by atoms with Crippen LogP contribution in [0.4, 0.5) is 0 Å². The summed E-state index contributed by atoms with van der Waals surface area (Å²) in [6.45, 7) is 31.4. The van der Waals surface area contributed by atoms with Gasteiger partial charge in [0, 0.05) is 69.3 Å². The van der Waals surface area contributed by atoms with Crippen molar-refractivity contribution in [3.63, 3.8) is 0 Å². The molecular formula is C73H103N3O9. The van der Waals surface area contributed by atoms with Gasteiger partial charge in [-0.3, -0.25) is 19.2 Å². The first kappa shape index (κ1) is 68.4. The van der Waals surface area contributed by atoms with Crippen molar-refractivity contribution in [2.45, 2.75) is 175 Å². The van der Waals surface area contributed by atoms with E-state index in [0.29, 0.717) is 129 Å². The summed E-state index contributed by atoms with van der Waals surface area (Å²) in [4.78, 5) is 53.0. The molecule has 4 aromatic rings. The van der Waals surface area contributed by atoms with Crippen LogP contribution in [0.15, 0.2) is 84.9 Å². The third-order valence-corrected chi connectivity index (χ3v) is 17.3. The maximum absolute atomic E-state index is 13.9. The van der Waals surface area contributed by atoms with Crippen molar-refractivity contribution in [1.29, 1.82) is 0 Å². The van der Waals surface area contributed by atoms with Crippen molar-refractivity contribution in [2.24, 2.45) is 5.92 Å². The topological polar surface area (TPSA) is 151 Å². The van der Waals surface area contributed by atoms with Crippen LogP contribution in [0.25, 0.3) is 23.3 Å². The summed E-state index contributed by atoms with van der Waals surface area (Å²) in [5.74, 6) is -0.956. The Balaban J connectivity index is 0.939. The summed E-state index contributed by atoms with van der Waals surface area (Å²) in [6, 6.07) is 29.3. The Labute approximate surface area is 510 Å². The van der Waals surface area contributed by atoms with E-state index in [0.717, 1.165) is 36.1 Å². The molecule has 12 nitrogen and oxygen atoms in total. The Hall–Kier alpha value is -5.76. The molecule has 3 N–H and O–H groups in total. The van der Waals surface area contributed by atoms with Gasteiger partial charge in [-0.2, -0.15) is 0 Å². The molecule has 464 valence electrons. The average molecular weight is 1170 g/mol. The lowest BCUT2D eigenvalue weighted by molar-refractivity contribution is -0.125. The average Bonchev–Trinajstić information content (AvgIpc) is 3.61. The number of hydrogen-bond donors (Lipinski definition) is 3. The molecule has 0 saturated carbocycles. The van der Waals surface area contributed by atoms with Gasteiger partial charge in [-0.25, -0.2) is 0 Å². The van der Waals surface area contributed by atoms with Crippen LogP contribution >= 0.6 is 0 Å². The number of benzene rings is 4. The van der Waals surface area contributed by atoms with E-state index < -0.39 is 5.92 Å². The van der Waals surface area contributed by atoms with E-state index >= 15 is 0 Å². The van der Waals surface area contributed by atoms with Gasteiger partial charge < -0.3 is 39.6 Å². The summed E-state index contributed by atoms with van der Waals surface area (Å²) in [5.41, 5.74) is 14.3. The predicted octanol–water partition coefficient (Wildman–Crippen LogP) is 14.2. The van der Waals surface area contributed by atoms with Crippen molar-refractivity contribution in [1.82, 2.24) is 16.0 Å². The van der Waals surface area contributed by atoms with E-state index in [1.165, 1.54) is 58.2 Å². The normalized spacial score (nSPS) is 16.2. The van der Waals surface area contributed by atoms with E-state index in [1.54, 1.807) is 0 Å². The van der Waals surface area contributed by atoms with Crippen LogP contribution in [-0.2, 0) is 54.9 Å². The Morgan fingerprint density at radius 1 is 0.459 bits per heavy atom. The maximum Gasteiger partial charge on any atom is 0.251 e. The van der Waals surface area contributed by atoms with Crippen molar-refractivity contribution in [2.75, 3.05) is 85.7 Å². The number of Topliss-reactive ketones (excluding diaryl/α,β-unsaturated/α-hetero) is 1. The molecule has 0 spiro atoms. The molecule has 4 aromatic carbocycles. The predicted molar refractivity (Wildman–Crippen MR) is 346 cm³/mol. The number of nitrogens with one attached hydrogen (secondary N) is 3. The van der Waals surface area contributed by atoms with Crippen LogP contribution in [0.5, 0.6) is 0 Å². The van der Waals surface area contributed by atoms with Gasteiger partial charge >= 0.3 is 0 Å². The molecule has 85 heavy (non-hydrogen) atoms. The van der Waals surface area contributed by atoms with Crippen LogP contribution in [0, 0.1) is 5.92 Å². The van der Waals surface area contributed by atoms with Gasteiger partial charge in [0.15, 0.2) is 5.78 Å². The van der Waals surface area contributed by atoms with Gasteiger partial charge in [0.25, 0.3) is 5.91 Å². The standard InChI is InChI=1S/C73H103N3O9/c1-12-38-81-42-45-84-41-30-67(78)74-36-15-39-82-43-46-85-47-44-83-40-16-37-76-69(80)61(52-66(77)57-22-18-55(19-23-57)48-53(2)59-26-28-62-64(50-59)72(8,9)33-31-70(62,4)5)17-13-14-35-75-68(79)58-24-20-56(21-25-58)49-54(3)60-27-29-63-65(51-60)73(10,11)34-32-71(63,6)7/h18-29,48-51,61H,12-17,30-47,52H2,1-11H3,(H,74,78)(H,75,79)(H,76,80)/b53-48+,54-49+/t61-/m0/s1. The van der Waals surface area contributed by atoms with Gasteiger partial charge in [0.1, 0.15) is 0 Å². The zero-order valence-corrected chi connectivity index (χ0v) is 53.7. The molecule has 0 heterocycles. The Bertz CT molecular complexity index is 2840. The summed E-state index contributed by atoms with van der Waals surface area (Å²) in [5, 5.41) is 9.02. The number of hydrogen-bond acceptors (Lipinski definition) is 9. The second-order valence-corrected chi connectivity index (χ2v) is 26.2. The van der Waals surface area contributed by atoms with Gasteiger partial charge in [-0.05, 0) is 161 Å². The maximum atomic E-state index is 13.9. The molecule has 0 fully saturated rings. The smallest absolute Gasteiger partial charge is 0.251 e. The monoisotopic (exact) mass is 1170 g/mol. The van der Waals surface area contributed by atoms with Crippen molar-refractivity contribution in [3.8, 4) is 0 Å². The SMILES string of the molecule is CCCOCCOCCC(=O)NCCCOCCOCCOCCCNC(=O)[C@@H](CCCCNC(=O)c1ccc(/C=C(\C)c2ccc3c(c2)C(C)(C)CCC3(C)C)cc1)CC(=O)c1ccc(/C=C(\C)c2ccc3c(c2)C(C)(C)CCC3(C)C)cc1. The number of amides is 3. The molecule has 0 unspecified atom stereocenters. The molecule has 1 atom stereocenters. The van der Waals surface area contributed by atoms with E-state index in [4.69, 9.17) is 23.7 Å². The second kappa shape index (κ2) is 33.4. The first-order valence-corrected chi connectivity index (χ1v) is 31.7. The molecule has 12 heteroatoms. The van der Waals surface area contributed by atoms with Crippen molar-refractivity contribution < 1.29 is 42.9 Å². The van der Waals surface area contributed by atoms with Gasteiger partial charge in [0.2, 0.25) is 11.8 Å². The number of ether oxygens (including phenoxy) is 5. The van der Waals surface area contributed by atoms with Crippen LogP contribution in [0.2, 0.25) is 0 Å². The molecule has 0 bridgehead atoms. The van der Waals surface area contributed by atoms with Crippen LogP contribution < -0.4 is 16.0 Å². The fraction of sp³-hybridized carbons (Fsp3) is 0.562. The van der Waals surface area contributed by atoms with Crippen LogP contribution in [0.1, 0.15) is 218 Å². The molecule has 0 radical (unpaired) electrons. The van der Waals surface area contributed by atoms with E-state index in [1.807, 2.05) is 48.5 Å². The van der Waals surface area contributed by atoms with Crippen molar-refractivity contribution in [3.05, 3.63) is 141 Å². The zero-order chi connectivity index (χ0) is 61.5. The molecule has 0 aliphatic heterocycles. The highest BCUT2D eigenvalue weighted by Gasteiger charge is 2.38. The Morgan fingerprint density at radius 2 is 0.871 bits per heavy atom. The molecule has 0 saturated heterocycles. The number of unbranched alkanes of at least 4 members (excludes halogenated alkanes) is 1. The lowest BCUT2D eigenvalue weighted by Gasteiger charge is -2.42. The molecule has 3 amide bonds. The number of carbonyl (C=O) groups is 4. The minimum absolute atomic E-state index is 0.0408. The third-order valence-electron chi connectivity index (χ3n) is 17.3. The minimum Gasteiger partial charge on any atom is -0.379 e. The van der Waals surface area contributed by atoms with Gasteiger partial charge in [-0.15, -0.1) is 0 Å². The summed E-state index contributed by atoms with van der Waals surface area (Å²) in [6.07, 6.45) is 13.6. The van der Waals surface area contributed by atoms with Crippen LogP contribution in [-0.4, -0.2) is 109 Å². The van der Waals surface area contributed by atoms with E-state index in [-0.39, 0.29) is 51.6 Å². The molecule has 0 aromatic heterocycles. The lowest BCUT2D eigenvalue weighted by Crippen LogP contribution is -2.33. The summed E-state index contributed by atoms with van der Waals surface area (Å²) >= 11 is 0. The highest BCUT2D eigenvalue weighted by molar-refractivity contribution is 5.99. The highest BCUT2D eigenvalue weighted by atomic mass is 16.5. The fourth-order valence-corrected chi connectivity index (χ4v) is 11.5. The quantitative estimate of drug-likeness (QED) is 0.0230. The summed E-state index contributed by atoms with van der Waals surface area (Å²) < 4.78 is 27.8. The number of rotatable bonds is 36. The first-order chi connectivity index (χ1) is 40.6. The Morgan fingerprint density at radius 3 is 1.36 bits per heavy atom. The second-order valence-electron chi connectivity index (χ2n) is 26.2. The van der Waals surface area contributed by atoms with Crippen molar-refractivity contribution >= 4 is 46.8 Å². The third kappa shape index (κ3) is 21.6.